The van der Waals surface area contributed by atoms with Crippen molar-refractivity contribution in [1.29, 1.82) is 0 Å². The zero-order valence-electron chi connectivity index (χ0n) is 8.69. The molecule has 0 amide bonds. The van der Waals surface area contributed by atoms with Crippen LogP contribution in [0.15, 0.2) is 30.5 Å². The van der Waals surface area contributed by atoms with Crippen LogP contribution in [0.1, 0.15) is 16.8 Å². The Morgan fingerprint density at radius 2 is 2.19 bits per heavy atom. The zero-order valence-corrected chi connectivity index (χ0v) is 8.69. The molecule has 0 saturated heterocycles. The topological polar surface area (TPSA) is 42.2 Å². The summed E-state index contributed by atoms with van der Waals surface area (Å²) >= 11 is 0. The molecule has 0 bridgehead atoms. The van der Waals surface area contributed by atoms with E-state index in [1.165, 1.54) is 0 Å². The summed E-state index contributed by atoms with van der Waals surface area (Å²) in [6, 6.07) is 6.89. The molecule has 2 aromatic rings. The molecule has 84 valence electrons. The molecule has 0 radical (unpaired) electrons. The summed E-state index contributed by atoms with van der Waals surface area (Å²) < 4.78 is 14.0. The van der Waals surface area contributed by atoms with Crippen LogP contribution in [0.5, 0.6) is 0 Å². The second kappa shape index (κ2) is 4.35. The smallest absolute Gasteiger partial charge is 0.336 e. The Labute approximate surface area is 92.1 Å². The van der Waals surface area contributed by atoms with Crippen LogP contribution in [0.3, 0.4) is 0 Å². The lowest BCUT2D eigenvalue weighted by Crippen LogP contribution is -1.99. The fraction of sp³-hybridized carbons (Fsp3) is 0.250. The van der Waals surface area contributed by atoms with Crippen molar-refractivity contribution in [3.63, 3.8) is 0 Å². The lowest BCUT2D eigenvalue weighted by Gasteiger charge is -2.03. The van der Waals surface area contributed by atoms with E-state index in [0.717, 1.165) is 5.52 Å². The molecule has 0 aliphatic rings. The first-order chi connectivity index (χ1) is 7.74. The second-order valence-electron chi connectivity index (χ2n) is 3.60. The Kier molecular flexibility index (Phi) is 2.90. The molecule has 1 N–H and O–H groups in total. The van der Waals surface area contributed by atoms with Gasteiger partial charge in [0.25, 0.3) is 0 Å². The number of rotatable bonds is 4. The highest BCUT2D eigenvalue weighted by Gasteiger charge is 2.10. The molecule has 0 unspecified atom stereocenters. The molecule has 1 aromatic carbocycles. The first-order valence-electron chi connectivity index (χ1n) is 5.11. The lowest BCUT2D eigenvalue weighted by molar-refractivity contribution is 0.0699. The van der Waals surface area contributed by atoms with E-state index in [1.54, 1.807) is 24.4 Å². The van der Waals surface area contributed by atoms with Gasteiger partial charge in [0.1, 0.15) is 0 Å². The number of benzene rings is 1. The van der Waals surface area contributed by atoms with Crippen LogP contribution in [0.2, 0.25) is 0 Å². The van der Waals surface area contributed by atoms with E-state index in [1.807, 2.05) is 10.6 Å². The fourth-order valence-corrected chi connectivity index (χ4v) is 1.84. The van der Waals surface area contributed by atoms with Crippen LogP contribution in [-0.4, -0.2) is 22.3 Å². The van der Waals surface area contributed by atoms with Gasteiger partial charge in [0.05, 0.1) is 12.2 Å². The van der Waals surface area contributed by atoms with Gasteiger partial charge < -0.3 is 9.67 Å². The number of alkyl halides is 1. The number of nitrogens with zero attached hydrogens (tertiary/aromatic N) is 1. The van der Waals surface area contributed by atoms with Gasteiger partial charge in [-0.15, -0.1) is 0 Å². The predicted octanol–water partition coefficient (Wildman–Crippen LogP) is 2.70. The first kappa shape index (κ1) is 10.7. The van der Waals surface area contributed by atoms with Crippen molar-refractivity contribution in [3.05, 3.63) is 36.0 Å². The molecule has 0 saturated carbocycles. The van der Waals surface area contributed by atoms with Crippen LogP contribution in [0.4, 0.5) is 4.39 Å². The number of aromatic carboxylic acids is 1. The van der Waals surface area contributed by atoms with E-state index in [2.05, 4.69) is 0 Å². The van der Waals surface area contributed by atoms with Gasteiger partial charge >= 0.3 is 5.97 Å². The molecule has 16 heavy (non-hydrogen) atoms. The maximum Gasteiger partial charge on any atom is 0.336 e. The van der Waals surface area contributed by atoms with Crippen LogP contribution in [0, 0.1) is 0 Å². The Morgan fingerprint density at radius 3 is 2.88 bits per heavy atom. The monoisotopic (exact) mass is 221 g/mol. The quantitative estimate of drug-likeness (QED) is 0.862. The lowest BCUT2D eigenvalue weighted by atomic mass is 10.1. The van der Waals surface area contributed by atoms with E-state index in [0.29, 0.717) is 18.4 Å². The Hall–Kier alpha value is -1.84. The van der Waals surface area contributed by atoms with Gasteiger partial charge in [-0.05, 0) is 24.6 Å². The number of fused-ring (bicyclic) bond motifs is 1. The fourth-order valence-electron chi connectivity index (χ4n) is 1.84. The molecule has 1 aromatic heterocycles. The van der Waals surface area contributed by atoms with E-state index >= 15 is 0 Å². The highest BCUT2D eigenvalue weighted by atomic mass is 19.1. The van der Waals surface area contributed by atoms with Gasteiger partial charge in [0.2, 0.25) is 0 Å². The third-order valence-electron chi connectivity index (χ3n) is 2.58. The van der Waals surface area contributed by atoms with E-state index < -0.39 is 5.97 Å². The summed E-state index contributed by atoms with van der Waals surface area (Å²) in [7, 11) is 0. The molecule has 0 aliphatic heterocycles. The highest BCUT2D eigenvalue weighted by Crippen LogP contribution is 2.20. The molecule has 0 fully saturated rings. The van der Waals surface area contributed by atoms with Gasteiger partial charge in [0.15, 0.2) is 0 Å². The van der Waals surface area contributed by atoms with Gasteiger partial charge in [-0.1, -0.05) is 6.07 Å². The summed E-state index contributed by atoms with van der Waals surface area (Å²) in [5.41, 5.74) is 1.13. The van der Waals surface area contributed by atoms with Crippen molar-refractivity contribution in [2.45, 2.75) is 13.0 Å². The first-order valence-corrected chi connectivity index (χ1v) is 5.11. The number of aromatic nitrogens is 1. The molecular weight excluding hydrogens is 209 g/mol. The maximum absolute atomic E-state index is 12.1. The van der Waals surface area contributed by atoms with Gasteiger partial charge in [-0.3, -0.25) is 4.39 Å². The minimum atomic E-state index is -0.936. The van der Waals surface area contributed by atoms with Crippen LogP contribution in [-0.2, 0) is 6.54 Å². The highest BCUT2D eigenvalue weighted by molar-refractivity contribution is 6.02. The molecule has 0 spiro atoms. The number of hydrogen-bond donors (Lipinski definition) is 1. The van der Waals surface area contributed by atoms with Gasteiger partial charge in [-0.25, -0.2) is 4.79 Å². The predicted molar refractivity (Wildman–Crippen MR) is 59.5 cm³/mol. The summed E-state index contributed by atoms with van der Waals surface area (Å²) in [4.78, 5) is 11.0. The molecule has 2 rings (SSSR count). The Morgan fingerprint density at radius 1 is 1.38 bits per heavy atom. The molecular formula is C12H12FNO2. The third-order valence-corrected chi connectivity index (χ3v) is 2.58. The largest absolute Gasteiger partial charge is 0.478 e. The van der Waals surface area contributed by atoms with E-state index in [4.69, 9.17) is 5.11 Å². The van der Waals surface area contributed by atoms with Crippen molar-refractivity contribution in [1.82, 2.24) is 4.57 Å². The average Bonchev–Trinajstić information content (AvgIpc) is 2.69. The van der Waals surface area contributed by atoms with E-state index in [9.17, 15) is 9.18 Å². The van der Waals surface area contributed by atoms with E-state index in [-0.39, 0.29) is 12.2 Å². The summed E-state index contributed by atoms with van der Waals surface area (Å²) in [6.07, 6.45) is 2.24. The van der Waals surface area contributed by atoms with Crippen LogP contribution >= 0.6 is 0 Å². The summed E-state index contributed by atoms with van der Waals surface area (Å²) in [5.74, 6) is -0.936. The molecule has 0 aliphatic carbocycles. The number of aryl methyl sites for hydroxylation is 1. The van der Waals surface area contributed by atoms with Crippen molar-refractivity contribution >= 4 is 16.9 Å². The minimum absolute atomic E-state index is 0.288. The Balaban J connectivity index is 2.48. The average molecular weight is 221 g/mol. The molecule has 0 atom stereocenters. The van der Waals surface area contributed by atoms with Crippen molar-refractivity contribution in [2.75, 3.05) is 6.67 Å². The van der Waals surface area contributed by atoms with Crippen LogP contribution < -0.4 is 0 Å². The van der Waals surface area contributed by atoms with Crippen molar-refractivity contribution in [2.24, 2.45) is 0 Å². The SMILES string of the molecule is O=C(O)c1cccc2c1ccn2CCCF. The normalized spacial score (nSPS) is 10.8. The number of carboxylic acids is 1. The van der Waals surface area contributed by atoms with Crippen molar-refractivity contribution < 1.29 is 14.3 Å². The maximum atomic E-state index is 12.1. The third kappa shape index (κ3) is 1.78. The van der Waals surface area contributed by atoms with Gasteiger partial charge in [0, 0.05) is 23.6 Å². The zero-order chi connectivity index (χ0) is 11.5. The number of halogens is 1. The second-order valence-corrected chi connectivity index (χ2v) is 3.60. The standard InChI is InChI=1S/C12H12FNO2/c13-6-2-7-14-8-5-9-10(12(15)16)3-1-4-11(9)14/h1,3-5,8H,2,6-7H2,(H,15,16). The molecule has 3 nitrogen and oxygen atoms in total. The number of carboxylic acid groups (broad SMARTS) is 1. The summed E-state index contributed by atoms with van der Waals surface area (Å²) in [6.45, 7) is 0.210. The number of carbonyl (C=O) groups is 1. The van der Waals surface area contributed by atoms with Crippen molar-refractivity contribution in [3.8, 4) is 0 Å². The Bertz CT molecular complexity index is 519. The minimum Gasteiger partial charge on any atom is -0.478 e. The van der Waals surface area contributed by atoms with Gasteiger partial charge in [-0.2, -0.15) is 0 Å². The summed E-state index contributed by atoms with van der Waals surface area (Å²) in [5, 5.41) is 9.70. The molecule has 1 heterocycles. The molecule has 4 heteroatoms. The van der Waals surface area contributed by atoms with Crippen LogP contribution in [0.25, 0.3) is 10.9 Å². The number of hydrogen-bond acceptors (Lipinski definition) is 1.